The van der Waals surface area contributed by atoms with E-state index in [1.807, 2.05) is 0 Å². The third kappa shape index (κ3) is 4.84. The standard InChI is InChI=1S/C42H28BrN/c43-37-18-10-17-33(25-37)31-15-9-16-32(23-31)34-21-22-42-40(28-34)39-19-7-8-20-41(39)44(42)38-26-35(29-11-3-1-4-12-29)24-36(27-38)30-13-5-2-6-14-30/h1-28H. The molecular weight excluding hydrogens is 598 g/mol. The summed E-state index contributed by atoms with van der Waals surface area (Å²) < 4.78 is 3.51. The van der Waals surface area contributed by atoms with Crippen LogP contribution in [0.15, 0.2) is 174 Å². The first-order valence-corrected chi connectivity index (χ1v) is 15.7. The molecular formula is C42H28BrN. The molecule has 0 bridgehead atoms. The van der Waals surface area contributed by atoms with E-state index in [0.29, 0.717) is 0 Å². The summed E-state index contributed by atoms with van der Waals surface area (Å²) in [6.45, 7) is 0. The average molecular weight is 627 g/mol. The Bertz CT molecular complexity index is 2220. The Balaban J connectivity index is 1.33. The SMILES string of the molecule is Brc1cccc(-c2cccc(-c3ccc4c(c3)c3ccccc3n4-c3cc(-c4ccccc4)cc(-c4ccccc4)c3)c2)c1. The van der Waals surface area contributed by atoms with Gasteiger partial charge in [0.05, 0.1) is 11.0 Å². The second kappa shape index (κ2) is 11.1. The van der Waals surface area contributed by atoms with Gasteiger partial charge in [0.25, 0.3) is 0 Å². The lowest BCUT2D eigenvalue weighted by atomic mass is 9.97. The Kier molecular flexibility index (Phi) is 6.70. The topological polar surface area (TPSA) is 4.93 Å². The number of para-hydroxylation sites is 1. The first-order chi connectivity index (χ1) is 21.7. The van der Waals surface area contributed by atoms with Crippen molar-refractivity contribution in [2.75, 3.05) is 0 Å². The summed E-state index contributed by atoms with van der Waals surface area (Å²) in [5.41, 5.74) is 13.2. The Hall–Kier alpha value is -5.18. The van der Waals surface area contributed by atoms with Gasteiger partial charge in [-0.25, -0.2) is 0 Å². The summed E-state index contributed by atoms with van der Waals surface area (Å²) in [4.78, 5) is 0. The molecule has 0 fully saturated rings. The van der Waals surface area contributed by atoms with Crippen LogP contribution in [0.25, 0.3) is 72.0 Å². The monoisotopic (exact) mass is 625 g/mol. The molecule has 7 aromatic carbocycles. The number of hydrogen-bond acceptors (Lipinski definition) is 0. The second-order valence-electron chi connectivity index (χ2n) is 11.2. The Morgan fingerprint density at radius 3 is 1.48 bits per heavy atom. The largest absolute Gasteiger partial charge is 0.309 e. The van der Waals surface area contributed by atoms with E-state index in [1.165, 1.54) is 66.3 Å². The maximum absolute atomic E-state index is 3.63. The number of fused-ring (bicyclic) bond motifs is 3. The van der Waals surface area contributed by atoms with Crippen LogP contribution in [-0.4, -0.2) is 4.57 Å². The molecule has 1 aromatic heterocycles. The molecule has 0 amide bonds. The smallest absolute Gasteiger partial charge is 0.0541 e. The number of benzene rings is 7. The molecule has 8 aromatic rings. The lowest BCUT2D eigenvalue weighted by molar-refractivity contribution is 1.18. The van der Waals surface area contributed by atoms with E-state index in [9.17, 15) is 0 Å². The van der Waals surface area contributed by atoms with Crippen molar-refractivity contribution in [1.82, 2.24) is 4.57 Å². The first-order valence-electron chi connectivity index (χ1n) is 14.9. The van der Waals surface area contributed by atoms with Crippen molar-refractivity contribution >= 4 is 37.7 Å². The predicted octanol–water partition coefficient (Wildman–Crippen LogP) is 12.2. The summed E-state index contributed by atoms with van der Waals surface area (Å²) >= 11 is 3.63. The van der Waals surface area contributed by atoms with E-state index < -0.39 is 0 Å². The number of nitrogens with zero attached hydrogens (tertiary/aromatic N) is 1. The normalized spacial score (nSPS) is 11.3. The minimum Gasteiger partial charge on any atom is -0.309 e. The number of rotatable bonds is 5. The summed E-state index contributed by atoms with van der Waals surface area (Å²) in [5, 5.41) is 2.50. The molecule has 0 aliphatic carbocycles. The molecule has 0 saturated carbocycles. The third-order valence-electron chi connectivity index (χ3n) is 8.42. The summed E-state index contributed by atoms with van der Waals surface area (Å²) in [6.07, 6.45) is 0. The highest BCUT2D eigenvalue weighted by Gasteiger charge is 2.15. The summed E-state index contributed by atoms with van der Waals surface area (Å²) in [5.74, 6) is 0. The molecule has 44 heavy (non-hydrogen) atoms. The zero-order valence-electron chi connectivity index (χ0n) is 24.0. The predicted molar refractivity (Wildman–Crippen MR) is 190 cm³/mol. The van der Waals surface area contributed by atoms with Gasteiger partial charge in [-0.2, -0.15) is 0 Å². The molecule has 208 valence electrons. The molecule has 0 aliphatic heterocycles. The van der Waals surface area contributed by atoms with Crippen molar-refractivity contribution in [1.29, 1.82) is 0 Å². The highest BCUT2D eigenvalue weighted by atomic mass is 79.9. The molecule has 0 unspecified atom stereocenters. The average Bonchev–Trinajstić information content (AvgIpc) is 3.43. The number of aromatic nitrogens is 1. The maximum atomic E-state index is 3.63. The molecule has 0 radical (unpaired) electrons. The van der Waals surface area contributed by atoms with Gasteiger partial charge in [0.2, 0.25) is 0 Å². The van der Waals surface area contributed by atoms with Gasteiger partial charge in [0.15, 0.2) is 0 Å². The molecule has 2 heteroatoms. The molecule has 1 nitrogen and oxygen atoms in total. The van der Waals surface area contributed by atoms with E-state index in [-0.39, 0.29) is 0 Å². The van der Waals surface area contributed by atoms with Crippen LogP contribution in [0, 0.1) is 0 Å². The molecule has 0 N–H and O–H groups in total. The van der Waals surface area contributed by atoms with Crippen molar-refractivity contribution < 1.29 is 0 Å². The zero-order chi connectivity index (χ0) is 29.5. The fourth-order valence-corrected chi connectivity index (χ4v) is 6.71. The first kappa shape index (κ1) is 26.4. The quantitative estimate of drug-likeness (QED) is 0.179. The second-order valence-corrected chi connectivity index (χ2v) is 12.1. The van der Waals surface area contributed by atoms with E-state index in [2.05, 4.69) is 190 Å². The van der Waals surface area contributed by atoms with Crippen molar-refractivity contribution in [2.24, 2.45) is 0 Å². The Labute approximate surface area is 265 Å². The molecule has 1 heterocycles. The molecule has 0 atom stereocenters. The van der Waals surface area contributed by atoms with Gasteiger partial charge in [-0.3, -0.25) is 0 Å². The molecule has 0 saturated heterocycles. The lowest BCUT2D eigenvalue weighted by Gasteiger charge is -2.14. The molecule has 0 aliphatic rings. The minimum absolute atomic E-state index is 1.08. The van der Waals surface area contributed by atoms with Crippen LogP contribution in [0.2, 0.25) is 0 Å². The van der Waals surface area contributed by atoms with Crippen molar-refractivity contribution in [3.63, 3.8) is 0 Å². The van der Waals surface area contributed by atoms with Gasteiger partial charge in [-0.05, 0) is 99.1 Å². The molecule has 0 spiro atoms. The van der Waals surface area contributed by atoms with Gasteiger partial charge < -0.3 is 4.57 Å². The van der Waals surface area contributed by atoms with E-state index in [4.69, 9.17) is 0 Å². The highest BCUT2D eigenvalue weighted by Crippen LogP contribution is 2.38. The van der Waals surface area contributed by atoms with E-state index in [1.54, 1.807) is 0 Å². The summed E-state index contributed by atoms with van der Waals surface area (Å²) in [6, 6.07) is 61.3. The van der Waals surface area contributed by atoms with Crippen LogP contribution in [0.3, 0.4) is 0 Å². The van der Waals surface area contributed by atoms with Crippen LogP contribution in [0.1, 0.15) is 0 Å². The van der Waals surface area contributed by atoms with Gasteiger partial charge in [-0.1, -0.05) is 131 Å². The third-order valence-corrected chi connectivity index (χ3v) is 8.91. The van der Waals surface area contributed by atoms with Crippen molar-refractivity contribution in [2.45, 2.75) is 0 Å². The fourth-order valence-electron chi connectivity index (χ4n) is 6.31. The minimum atomic E-state index is 1.08. The lowest BCUT2D eigenvalue weighted by Crippen LogP contribution is -1.96. The fraction of sp³-hybridized carbons (Fsp3) is 0. The maximum Gasteiger partial charge on any atom is 0.0541 e. The van der Waals surface area contributed by atoms with E-state index >= 15 is 0 Å². The van der Waals surface area contributed by atoms with Crippen molar-refractivity contribution in [3.05, 3.63) is 174 Å². The summed E-state index contributed by atoms with van der Waals surface area (Å²) in [7, 11) is 0. The van der Waals surface area contributed by atoms with Crippen LogP contribution in [-0.2, 0) is 0 Å². The van der Waals surface area contributed by atoms with Crippen LogP contribution >= 0.6 is 15.9 Å². The van der Waals surface area contributed by atoms with Gasteiger partial charge in [0, 0.05) is 20.9 Å². The van der Waals surface area contributed by atoms with Crippen LogP contribution < -0.4 is 0 Å². The zero-order valence-corrected chi connectivity index (χ0v) is 25.6. The highest BCUT2D eigenvalue weighted by molar-refractivity contribution is 9.10. The van der Waals surface area contributed by atoms with Gasteiger partial charge in [-0.15, -0.1) is 0 Å². The number of halogens is 1. The molecule has 8 rings (SSSR count). The van der Waals surface area contributed by atoms with Crippen LogP contribution in [0.5, 0.6) is 0 Å². The number of hydrogen-bond donors (Lipinski definition) is 0. The van der Waals surface area contributed by atoms with Gasteiger partial charge in [0.1, 0.15) is 0 Å². The van der Waals surface area contributed by atoms with Crippen LogP contribution in [0.4, 0.5) is 0 Å². The Morgan fingerprint density at radius 1 is 0.318 bits per heavy atom. The van der Waals surface area contributed by atoms with E-state index in [0.717, 1.165) is 10.2 Å². The van der Waals surface area contributed by atoms with Gasteiger partial charge >= 0.3 is 0 Å². The van der Waals surface area contributed by atoms with Crippen molar-refractivity contribution in [3.8, 4) is 50.2 Å². The Morgan fingerprint density at radius 2 is 0.818 bits per heavy atom.